The first-order valence-electron chi connectivity index (χ1n) is 9.02. The lowest BCUT2D eigenvalue weighted by atomic mass is 10.1. The molecule has 0 aliphatic rings. The van der Waals surface area contributed by atoms with Crippen LogP contribution in [0.15, 0.2) is 65.8 Å². The Kier molecular flexibility index (Phi) is 6.04. The maximum absolute atomic E-state index is 5.27. The van der Waals surface area contributed by atoms with Crippen molar-refractivity contribution >= 4 is 29.2 Å². The summed E-state index contributed by atoms with van der Waals surface area (Å²) in [5.41, 5.74) is 9.67. The van der Waals surface area contributed by atoms with E-state index in [0.29, 0.717) is 5.11 Å². The largest absolute Gasteiger partial charge is 0.331 e. The van der Waals surface area contributed by atoms with Gasteiger partial charge < -0.3 is 9.88 Å². The zero-order chi connectivity index (χ0) is 19.2. The van der Waals surface area contributed by atoms with Crippen LogP contribution in [0.4, 0.5) is 5.69 Å². The van der Waals surface area contributed by atoms with Crippen molar-refractivity contribution in [3.8, 4) is 5.69 Å². The highest BCUT2D eigenvalue weighted by Gasteiger charge is 2.09. The van der Waals surface area contributed by atoms with Crippen molar-refractivity contribution in [1.29, 1.82) is 0 Å². The Balaban J connectivity index is 1.70. The lowest BCUT2D eigenvalue weighted by Crippen LogP contribution is -2.23. The standard InChI is InChI=1S/C22H24N4S/c1-4-18-10-12-21(13-11-18)26-16(2)14-19(17(26)3)15-23-25-22(27)24-20-8-6-5-7-9-20/h5-15H,4H2,1-3H3,(H2,24,25,27)/b23-15+. The summed E-state index contributed by atoms with van der Waals surface area (Å²) in [7, 11) is 0. The van der Waals surface area contributed by atoms with E-state index in [1.807, 2.05) is 30.3 Å². The number of nitrogens with one attached hydrogen (secondary N) is 2. The third-order valence-corrected chi connectivity index (χ3v) is 4.67. The maximum Gasteiger partial charge on any atom is 0.191 e. The topological polar surface area (TPSA) is 41.4 Å². The Hall–Kier alpha value is -2.92. The average molecular weight is 377 g/mol. The van der Waals surface area contributed by atoms with Gasteiger partial charge in [0.05, 0.1) is 6.21 Å². The number of aromatic nitrogens is 1. The molecule has 5 heteroatoms. The SMILES string of the molecule is CCc1ccc(-n2c(C)cc(/C=N/NC(=S)Nc3ccccc3)c2C)cc1. The molecule has 0 bridgehead atoms. The molecule has 1 aromatic heterocycles. The van der Waals surface area contributed by atoms with Gasteiger partial charge in [0, 0.05) is 28.3 Å². The van der Waals surface area contributed by atoms with Gasteiger partial charge in [-0.2, -0.15) is 5.10 Å². The van der Waals surface area contributed by atoms with Gasteiger partial charge in [-0.25, -0.2) is 0 Å². The fourth-order valence-corrected chi connectivity index (χ4v) is 3.21. The number of benzene rings is 2. The molecule has 0 fully saturated rings. The van der Waals surface area contributed by atoms with E-state index in [1.54, 1.807) is 6.21 Å². The van der Waals surface area contributed by atoms with Crippen LogP contribution in [0.3, 0.4) is 0 Å². The second-order valence-electron chi connectivity index (χ2n) is 6.37. The summed E-state index contributed by atoms with van der Waals surface area (Å²) in [6.45, 7) is 6.37. The van der Waals surface area contributed by atoms with Gasteiger partial charge in [-0.1, -0.05) is 37.3 Å². The summed E-state index contributed by atoms with van der Waals surface area (Å²) in [5, 5.41) is 7.84. The number of aryl methyl sites for hydroxylation is 2. The molecule has 1 heterocycles. The van der Waals surface area contributed by atoms with Crippen molar-refractivity contribution in [1.82, 2.24) is 9.99 Å². The highest BCUT2D eigenvalue weighted by atomic mass is 32.1. The van der Waals surface area contributed by atoms with Crippen molar-refractivity contribution < 1.29 is 0 Å². The molecule has 4 nitrogen and oxygen atoms in total. The number of para-hydroxylation sites is 1. The van der Waals surface area contributed by atoms with Gasteiger partial charge in [-0.3, -0.25) is 5.43 Å². The summed E-state index contributed by atoms with van der Waals surface area (Å²) in [6, 6.07) is 20.6. The molecule has 0 aliphatic heterocycles. The van der Waals surface area contributed by atoms with Gasteiger partial charge in [0.15, 0.2) is 5.11 Å². The Morgan fingerprint density at radius 1 is 1.07 bits per heavy atom. The minimum atomic E-state index is 0.460. The predicted octanol–water partition coefficient (Wildman–Crippen LogP) is 4.98. The summed E-state index contributed by atoms with van der Waals surface area (Å²) in [5.74, 6) is 0. The van der Waals surface area contributed by atoms with Crippen molar-refractivity contribution in [2.24, 2.45) is 5.10 Å². The van der Waals surface area contributed by atoms with Crippen molar-refractivity contribution in [2.75, 3.05) is 5.32 Å². The van der Waals surface area contributed by atoms with E-state index in [1.165, 1.54) is 11.3 Å². The molecule has 138 valence electrons. The Bertz CT molecular complexity index is 940. The number of hydrogen-bond donors (Lipinski definition) is 2. The summed E-state index contributed by atoms with van der Waals surface area (Å²) in [4.78, 5) is 0. The van der Waals surface area contributed by atoms with Crippen molar-refractivity contribution in [2.45, 2.75) is 27.2 Å². The van der Waals surface area contributed by atoms with Gasteiger partial charge >= 0.3 is 0 Å². The smallest absolute Gasteiger partial charge is 0.191 e. The van der Waals surface area contributed by atoms with Crippen LogP contribution in [0.5, 0.6) is 0 Å². The monoisotopic (exact) mass is 376 g/mol. The molecule has 0 saturated carbocycles. The molecule has 27 heavy (non-hydrogen) atoms. The van der Waals surface area contributed by atoms with Crippen LogP contribution in [0.1, 0.15) is 29.4 Å². The molecule has 0 saturated heterocycles. The highest BCUT2D eigenvalue weighted by Crippen LogP contribution is 2.20. The third-order valence-electron chi connectivity index (χ3n) is 4.47. The van der Waals surface area contributed by atoms with E-state index in [9.17, 15) is 0 Å². The molecule has 0 spiro atoms. The van der Waals surface area contributed by atoms with E-state index in [0.717, 1.165) is 29.1 Å². The fourth-order valence-electron chi connectivity index (χ4n) is 3.04. The second kappa shape index (κ2) is 8.64. The van der Waals surface area contributed by atoms with E-state index >= 15 is 0 Å². The van der Waals surface area contributed by atoms with Gasteiger partial charge in [0.2, 0.25) is 0 Å². The molecule has 0 atom stereocenters. The van der Waals surface area contributed by atoms with Crippen LogP contribution in [0.2, 0.25) is 0 Å². The molecule has 3 aromatic rings. The molecule has 0 amide bonds. The van der Waals surface area contributed by atoms with E-state index in [2.05, 4.69) is 71.5 Å². The molecule has 0 unspecified atom stereocenters. The van der Waals surface area contributed by atoms with Crippen LogP contribution in [-0.4, -0.2) is 15.9 Å². The zero-order valence-electron chi connectivity index (χ0n) is 15.9. The number of thiocarbonyl (C=S) groups is 1. The van der Waals surface area contributed by atoms with Gasteiger partial charge in [0.1, 0.15) is 0 Å². The number of nitrogens with zero attached hydrogens (tertiary/aromatic N) is 2. The molecule has 2 N–H and O–H groups in total. The fraction of sp³-hybridized carbons (Fsp3) is 0.182. The van der Waals surface area contributed by atoms with E-state index < -0.39 is 0 Å². The molecule has 2 aromatic carbocycles. The molecule has 0 radical (unpaired) electrons. The Labute approximate surface area is 165 Å². The summed E-state index contributed by atoms with van der Waals surface area (Å²) >= 11 is 5.27. The maximum atomic E-state index is 5.27. The highest BCUT2D eigenvalue weighted by molar-refractivity contribution is 7.80. The first-order valence-corrected chi connectivity index (χ1v) is 9.42. The van der Waals surface area contributed by atoms with E-state index in [4.69, 9.17) is 12.2 Å². The second-order valence-corrected chi connectivity index (χ2v) is 6.78. The van der Waals surface area contributed by atoms with E-state index in [-0.39, 0.29) is 0 Å². The van der Waals surface area contributed by atoms with Crippen LogP contribution in [0.25, 0.3) is 5.69 Å². The average Bonchev–Trinajstić information content (AvgIpc) is 2.96. The lowest BCUT2D eigenvalue weighted by molar-refractivity contribution is 0.961. The number of rotatable bonds is 5. The number of anilines is 1. The first-order chi connectivity index (χ1) is 13.1. The molecule has 0 aliphatic carbocycles. The molecular weight excluding hydrogens is 352 g/mol. The third kappa shape index (κ3) is 4.63. The van der Waals surface area contributed by atoms with Crippen LogP contribution in [-0.2, 0) is 6.42 Å². The van der Waals surface area contributed by atoms with Crippen molar-refractivity contribution in [3.05, 3.63) is 83.2 Å². The zero-order valence-corrected chi connectivity index (χ0v) is 16.7. The van der Waals surface area contributed by atoms with Crippen LogP contribution in [0, 0.1) is 13.8 Å². The normalized spacial score (nSPS) is 10.9. The minimum Gasteiger partial charge on any atom is -0.331 e. The lowest BCUT2D eigenvalue weighted by Gasteiger charge is -2.10. The number of hydrogen-bond acceptors (Lipinski definition) is 2. The summed E-state index contributed by atoms with van der Waals surface area (Å²) in [6.07, 6.45) is 2.85. The molecular formula is C22H24N4S. The minimum absolute atomic E-state index is 0.460. The Morgan fingerprint density at radius 2 is 1.78 bits per heavy atom. The summed E-state index contributed by atoms with van der Waals surface area (Å²) < 4.78 is 2.24. The molecule has 3 rings (SSSR count). The van der Waals surface area contributed by atoms with Crippen LogP contribution < -0.4 is 10.7 Å². The first kappa shape index (κ1) is 18.9. The predicted molar refractivity (Wildman–Crippen MR) is 118 cm³/mol. The van der Waals surface area contributed by atoms with Crippen LogP contribution >= 0.6 is 12.2 Å². The number of hydrazone groups is 1. The van der Waals surface area contributed by atoms with Gasteiger partial charge in [0.25, 0.3) is 0 Å². The van der Waals surface area contributed by atoms with Gasteiger partial charge in [-0.05, 0) is 68.4 Å². The Morgan fingerprint density at radius 3 is 2.44 bits per heavy atom. The van der Waals surface area contributed by atoms with Crippen molar-refractivity contribution in [3.63, 3.8) is 0 Å². The quantitative estimate of drug-likeness (QED) is 0.375. The van der Waals surface area contributed by atoms with Gasteiger partial charge in [-0.15, -0.1) is 0 Å².